The molecule has 9 heteroatoms. The molecule has 0 aromatic carbocycles. The number of rotatable bonds is 11. The number of nitrogens with zero attached hydrogens (tertiary/aromatic N) is 1. The number of carbonyl (C=O) groups excluding carboxylic acids is 3. The molecule has 0 unspecified atom stereocenters. The van der Waals surface area contributed by atoms with Crippen LogP contribution in [0.1, 0.15) is 105 Å². The molecule has 0 aromatic rings. The van der Waals surface area contributed by atoms with Crippen LogP contribution in [0.5, 0.6) is 0 Å². The van der Waals surface area contributed by atoms with E-state index in [0.29, 0.717) is 36.4 Å². The van der Waals surface area contributed by atoms with Gasteiger partial charge in [0.1, 0.15) is 17.9 Å². The standard InChI is InChI=1S/C32H49N3O6/c1-6-7-8-27(30(39)40)34-29(38)19(2)33-28(37)18-41-35-22-13-15-31(4)21(17-22)9-10-23-25-12-11-24(20(3)36)32(25,5)16-14-26(23)31/h17,19,23-27H,6-16,18H2,1-5H3,(H,33,37)(H,34,38)(H,39,40)/b35-22+/t19-,23-,24+,25-,26-,27-,31-,32+/m0/s1. The van der Waals surface area contributed by atoms with Crippen LogP contribution in [0.4, 0.5) is 0 Å². The molecule has 0 bridgehead atoms. The van der Waals surface area contributed by atoms with E-state index in [0.717, 1.165) is 50.7 Å². The molecule has 0 aliphatic heterocycles. The van der Waals surface area contributed by atoms with Crippen molar-refractivity contribution >= 4 is 29.3 Å². The summed E-state index contributed by atoms with van der Waals surface area (Å²) in [5.41, 5.74) is 2.57. The number of unbranched alkanes of at least 4 members (excludes halogenated alkanes) is 1. The molecular formula is C32H49N3O6. The Labute approximate surface area is 244 Å². The summed E-state index contributed by atoms with van der Waals surface area (Å²) in [6, 6.07) is -1.86. The predicted molar refractivity (Wildman–Crippen MR) is 156 cm³/mol. The van der Waals surface area contributed by atoms with Gasteiger partial charge in [0.15, 0.2) is 6.61 Å². The Balaban J connectivity index is 1.30. The minimum absolute atomic E-state index is 0.142. The van der Waals surface area contributed by atoms with Gasteiger partial charge in [-0.1, -0.05) is 44.3 Å². The number of hydrogen-bond donors (Lipinski definition) is 3. The van der Waals surface area contributed by atoms with Gasteiger partial charge in [0.05, 0.1) is 5.71 Å². The van der Waals surface area contributed by atoms with Crippen LogP contribution in [0.3, 0.4) is 0 Å². The maximum Gasteiger partial charge on any atom is 0.326 e. The molecule has 228 valence electrons. The molecule has 4 aliphatic carbocycles. The van der Waals surface area contributed by atoms with Crippen molar-refractivity contribution in [2.75, 3.05) is 6.61 Å². The second-order valence-corrected chi connectivity index (χ2v) is 13.5. The summed E-state index contributed by atoms with van der Waals surface area (Å²) in [7, 11) is 0. The fourth-order valence-corrected chi connectivity index (χ4v) is 8.80. The van der Waals surface area contributed by atoms with Crippen molar-refractivity contribution < 1.29 is 29.1 Å². The van der Waals surface area contributed by atoms with Gasteiger partial charge < -0.3 is 20.6 Å². The molecule has 0 spiro atoms. The highest BCUT2D eigenvalue weighted by Crippen LogP contribution is 2.66. The second kappa shape index (κ2) is 12.7. The first-order valence-corrected chi connectivity index (χ1v) is 15.6. The van der Waals surface area contributed by atoms with E-state index in [1.807, 2.05) is 6.92 Å². The quantitative estimate of drug-likeness (QED) is 0.305. The van der Waals surface area contributed by atoms with Crippen molar-refractivity contribution in [3.05, 3.63) is 11.6 Å². The van der Waals surface area contributed by atoms with Gasteiger partial charge in [-0.25, -0.2) is 4.79 Å². The van der Waals surface area contributed by atoms with E-state index in [-0.39, 0.29) is 23.4 Å². The van der Waals surface area contributed by atoms with Crippen LogP contribution < -0.4 is 10.6 Å². The van der Waals surface area contributed by atoms with Crippen LogP contribution in [-0.2, 0) is 24.0 Å². The maximum absolute atomic E-state index is 12.4. The lowest BCUT2D eigenvalue weighted by atomic mass is 9.46. The lowest BCUT2D eigenvalue weighted by Gasteiger charge is -2.58. The van der Waals surface area contributed by atoms with Gasteiger partial charge in [0.2, 0.25) is 5.91 Å². The van der Waals surface area contributed by atoms with Crippen LogP contribution in [-0.4, -0.2) is 53.1 Å². The number of hydrogen-bond acceptors (Lipinski definition) is 6. The molecule has 41 heavy (non-hydrogen) atoms. The minimum atomic E-state index is -1.09. The first-order valence-electron chi connectivity index (χ1n) is 15.6. The number of ketones is 1. The van der Waals surface area contributed by atoms with E-state index < -0.39 is 29.9 Å². The van der Waals surface area contributed by atoms with Gasteiger partial charge in [-0.05, 0) is 106 Å². The van der Waals surface area contributed by atoms with E-state index in [2.05, 4.69) is 35.7 Å². The zero-order valence-corrected chi connectivity index (χ0v) is 25.5. The normalized spacial score (nSPS) is 34.8. The number of carbonyl (C=O) groups is 4. The predicted octanol–water partition coefficient (Wildman–Crippen LogP) is 4.79. The van der Waals surface area contributed by atoms with Gasteiger partial charge in [0, 0.05) is 5.92 Å². The third-order valence-corrected chi connectivity index (χ3v) is 11.1. The minimum Gasteiger partial charge on any atom is -0.480 e. The summed E-state index contributed by atoms with van der Waals surface area (Å²) in [6.45, 7) is 9.73. The number of carboxylic acids is 1. The molecule has 2 amide bonds. The summed E-state index contributed by atoms with van der Waals surface area (Å²) in [5, 5.41) is 18.6. The van der Waals surface area contributed by atoms with Gasteiger partial charge in [-0.15, -0.1) is 0 Å². The fraction of sp³-hybridized carbons (Fsp3) is 0.781. The molecule has 4 rings (SSSR count). The van der Waals surface area contributed by atoms with E-state index in [1.54, 1.807) is 6.92 Å². The van der Waals surface area contributed by atoms with Crippen LogP contribution in [0.25, 0.3) is 0 Å². The van der Waals surface area contributed by atoms with Crippen molar-refractivity contribution in [1.29, 1.82) is 0 Å². The molecule has 8 atom stereocenters. The summed E-state index contributed by atoms with van der Waals surface area (Å²) in [6.07, 6.45) is 12.6. The molecule has 0 saturated heterocycles. The van der Waals surface area contributed by atoms with Crippen molar-refractivity contribution in [1.82, 2.24) is 10.6 Å². The molecule has 3 fully saturated rings. The summed E-state index contributed by atoms with van der Waals surface area (Å²) in [5.74, 6) is 0.427. The monoisotopic (exact) mass is 571 g/mol. The summed E-state index contributed by atoms with van der Waals surface area (Å²) >= 11 is 0. The smallest absolute Gasteiger partial charge is 0.326 e. The Morgan fingerprint density at radius 2 is 1.83 bits per heavy atom. The van der Waals surface area contributed by atoms with Gasteiger partial charge in [-0.3, -0.25) is 14.4 Å². The Hall–Kier alpha value is -2.71. The van der Waals surface area contributed by atoms with E-state index >= 15 is 0 Å². The fourth-order valence-electron chi connectivity index (χ4n) is 8.80. The highest BCUT2D eigenvalue weighted by Gasteiger charge is 2.59. The number of Topliss-reactive ketones (excluding diaryl/α,β-unsaturated/α-hetero) is 1. The largest absolute Gasteiger partial charge is 0.480 e. The van der Waals surface area contributed by atoms with E-state index in [9.17, 15) is 24.3 Å². The van der Waals surface area contributed by atoms with Crippen LogP contribution >= 0.6 is 0 Å². The number of fused-ring (bicyclic) bond motifs is 5. The molecule has 9 nitrogen and oxygen atoms in total. The lowest BCUT2D eigenvalue weighted by Crippen LogP contribution is -2.51. The van der Waals surface area contributed by atoms with Crippen molar-refractivity contribution in [3.63, 3.8) is 0 Å². The first kappa shape index (κ1) is 31.2. The molecule has 3 saturated carbocycles. The average Bonchev–Trinajstić information content (AvgIpc) is 3.28. The highest BCUT2D eigenvalue weighted by molar-refractivity contribution is 5.96. The summed E-state index contributed by atoms with van der Waals surface area (Å²) < 4.78 is 0. The molecule has 4 aliphatic rings. The van der Waals surface area contributed by atoms with Crippen molar-refractivity contribution in [2.45, 2.75) is 117 Å². The number of amides is 2. The summed E-state index contributed by atoms with van der Waals surface area (Å²) in [4.78, 5) is 53.9. The SMILES string of the molecule is CCCC[C@H](NC(=O)[C@H](C)NC(=O)CO/N=C1/C=C2CC[C@H]3[C@@H]4CC[C@H](C(C)=O)[C@@]4(C)CC[C@@H]3[C@@]2(C)CC1)C(=O)O. The highest BCUT2D eigenvalue weighted by atomic mass is 16.6. The third kappa shape index (κ3) is 6.38. The number of nitrogens with one attached hydrogen (secondary N) is 2. The Morgan fingerprint density at radius 3 is 2.51 bits per heavy atom. The van der Waals surface area contributed by atoms with Gasteiger partial charge in [-0.2, -0.15) is 0 Å². The lowest BCUT2D eigenvalue weighted by molar-refractivity contribution is -0.142. The average molecular weight is 572 g/mol. The molecule has 0 heterocycles. The van der Waals surface area contributed by atoms with Crippen LogP contribution in [0.15, 0.2) is 16.8 Å². The topological polar surface area (TPSA) is 134 Å². The zero-order valence-electron chi connectivity index (χ0n) is 25.5. The zero-order chi connectivity index (χ0) is 29.9. The van der Waals surface area contributed by atoms with Gasteiger partial charge >= 0.3 is 5.97 Å². The van der Waals surface area contributed by atoms with E-state index in [4.69, 9.17) is 4.84 Å². The third-order valence-electron chi connectivity index (χ3n) is 11.1. The van der Waals surface area contributed by atoms with E-state index in [1.165, 1.54) is 25.3 Å². The number of allylic oxidation sites excluding steroid dienone is 2. The number of aliphatic carboxylic acids is 1. The molecule has 3 N–H and O–H groups in total. The first-order chi connectivity index (χ1) is 19.4. The molecule has 0 aromatic heterocycles. The van der Waals surface area contributed by atoms with Gasteiger partial charge in [0.25, 0.3) is 5.91 Å². The Kier molecular flexibility index (Phi) is 9.64. The molecule has 0 radical (unpaired) electrons. The van der Waals surface area contributed by atoms with Crippen molar-refractivity contribution in [3.8, 4) is 0 Å². The Bertz CT molecular complexity index is 1100. The number of carboxylic acid groups (broad SMARTS) is 1. The number of oxime groups is 1. The second-order valence-electron chi connectivity index (χ2n) is 13.5. The van der Waals surface area contributed by atoms with Crippen molar-refractivity contribution in [2.24, 2.45) is 39.7 Å². The van der Waals surface area contributed by atoms with Crippen LogP contribution in [0, 0.1) is 34.5 Å². The maximum atomic E-state index is 12.4. The van der Waals surface area contributed by atoms with Crippen LogP contribution in [0.2, 0.25) is 0 Å². The molecular weight excluding hydrogens is 522 g/mol. The Morgan fingerprint density at radius 1 is 1.07 bits per heavy atom.